The minimum Gasteiger partial charge on any atom is -0.482 e. The zero-order valence-electron chi connectivity index (χ0n) is 19.3. The van der Waals surface area contributed by atoms with E-state index < -0.39 is 34.0 Å². The van der Waals surface area contributed by atoms with E-state index in [1.807, 2.05) is 13.8 Å². The van der Waals surface area contributed by atoms with E-state index in [1.165, 1.54) is 24.3 Å². The van der Waals surface area contributed by atoms with Crippen LogP contribution >= 0.6 is 11.6 Å². The Hall–Kier alpha value is -2.73. The normalized spacial score (nSPS) is 18.8. The lowest BCUT2D eigenvalue weighted by atomic mass is 10.1. The summed E-state index contributed by atoms with van der Waals surface area (Å²) < 4.78 is 45.5. The van der Waals surface area contributed by atoms with Crippen molar-refractivity contribution < 1.29 is 32.2 Å². The van der Waals surface area contributed by atoms with E-state index in [0.29, 0.717) is 19.6 Å². The third kappa shape index (κ3) is 6.91. The third-order valence-corrected chi connectivity index (χ3v) is 7.30. The van der Waals surface area contributed by atoms with Gasteiger partial charge < -0.3 is 14.7 Å². The topological polar surface area (TPSA) is 116 Å². The van der Waals surface area contributed by atoms with Gasteiger partial charge in [-0.25, -0.2) is 17.5 Å². The molecule has 190 valence electrons. The monoisotopic (exact) mass is 527 g/mol. The predicted molar refractivity (Wildman–Crippen MR) is 127 cm³/mol. The lowest BCUT2D eigenvalue weighted by Crippen LogP contribution is -2.58. The summed E-state index contributed by atoms with van der Waals surface area (Å²) in [4.78, 5) is 27.8. The van der Waals surface area contributed by atoms with Gasteiger partial charge in [0.25, 0.3) is 21.8 Å². The van der Waals surface area contributed by atoms with Crippen LogP contribution in [0, 0.1) is 5.82 Å². The summed E-state index contributed by atoms with van der Waals surface area (Å²) >= 11 is 5.91. The first kappa shape index (κ1) is 26.9. The quantitative estimate of drug-likeness (QED) is 0.537. The van der Waals surface area contributed by atoms with Crippen molar-refractivity contribution in [3.05, 3.63) is 58.9 Å². The van der Waals surface area contributed by atoms with Gasteiger partial charge in [-0.15, -0.1) is 0 Å². The smallest absolute Gasteiger partial charge is 0.267 e. The highest BCUT2D eigenvalue weighted by molar-refractivity contribution is 7.90. The molecule has 0 bridgehead atoms. The van der Waals surface area contributed by atoms with Crippen molar-refractivity contribution in [1.29, 1.82) is 0 Å². The van der Waals surface area contributed by atoms with Crippen LogP contribution in [0.3, 0.4) is 0 Å². The summed E-state index contributed by atoms with van der Waals surface area (Å²) in [5.41, 5.74) is 0.971. The summed E-state index contributed by atoms with van der Waals surface area (Å²) in [6.45, 7) is 4.11. The molecule has 1 fully saturated rings. The molecule has 2 atom stereocenters. The molecule has 1 heterocycles. The molecule has 2 aromatic carbocycles. The Kier molecular flexibility index (Phi) is 8.70. The van der Waals surface area contributed by atoms with Crippen LogP contribution in [0.5, 0.6) is 5.75 Å². The molecular formula is C23H27ClFN3O6S. The number of aliphatic hydroxyl groups is 1. The van der Waals surface area contributed by atoms with Crippen molar-refractivity contribution in [3.8, 4) is 5.75 Å². The number of hydrogen-bond donors (Lipinski definition) is 2. The molecule has 0 saturated carbocycles. The summed E-state index contributed by atoms with van der Waals surface area (Å²) in [6, 6.07) is 9.97. The fourth-order valence-electron chi connectivity index (χ4n) is 3.86. The molecule has 12 heteroatoms. The van der Waals surface area contributed by atoms with Crippen molar-refractivity contribution in [3.63, 3.8) is 0 Å². The van der Waals surface area contributed by atoms with Crippen molar-refractivity contribution in [2.24, 2.45) is 0 Å². The van der Waals surface area contributed by atoms with Crippen molar-refractivity contribution in [2.45, 2.75) is 37.4 Å². The maximum Gasteiger partial charge on any atom is 0.267 e. The van der Waals surface area contributed by atoms with E-state index in [-0.39, 0.29) is 34.6 Å². The number of sulfonamides is 1. The molecule has 0 aliphatic carbocycles. The van der Waals surface area contributed by atoms with Gasteiger partial charge in [0.2, 0.25) is 0 Å². The Morgan fingerprint density at radius 2 is 1.83 bits per heavy atom. The first-order chi connectivity index (χ1) is 16.5. The zero-order valence-corrected chi connectivity index (χ0v) is 20.9. The highest BCUT2D eigenvalue weighted by Crippen LogP contribution is 2.28. The molecule has 2 aromatic rings. The maximum atomic E-state index is 13.2. The van der Waals surface area contributed by atoms with E-state index in [0.717, 1.165) is 11.6 Å². The van der Waals surface area contributed by atoms with Gasteiger partial charge >= 0.3 is 0 Å². The number of amides is 2. The molecule has 2 N–H and O–H groups in total. The van der Waals surface area contributed by atoms with Crippen LogP contribution in [0.25, 0.3) is 0 Å². The van der Waals surface area contributed by atoms with Crippen molar-refractivity contribution in [1.82, 2.24) is 14.5 Å². The molecule has 1 aliphatic rings. The summed E-state index contributed by atoms with van der Waals surface area (Å²) in [5.74, 6) is -1.90. The summed E-state index contributed by atoms with van der Waals surface area (Å²) in [5, 5.41) is 8.93. The average molecular weight is 528 g/mol. The predicted octanol–water partition coefficient (Wildman–Crippen LogP) is 1.78. The van der Waals surface area contributed by atoms with Gasteiger partial charge in [-0.1, -0.05) is 23.7 Å². The Labute approximate surface area is 208 Å². The number of hydrogen-bond acceptors (Lipinski definition) is 7. The van der Waals surface area contributed by atoms with E-state index in [9.17, 15) is 22.4 Å². The highest BCUT2D eigenvalue weighted by atomic mass is 35.5. The molecule has 0 unspecified atom stereocenters. The number of carbonyl (C=O) groups is 2. The van der Waals surface area contributed by atoms with Crippen LogP contribution in [0.15, 0.2) is 47.4 Å². The lowest BCUT2D eigenvalue weighted by molar-refractivity contribution is -0.139. The number of benzene rings is 2. The van der Waals surface area contributed by atoms with E-state index in [1.54, 1.807) is 21.8 Å². The number of halogens is 2. The zero-order chi connectivity index (χ0) is 25.8. The second-order valence-electron chi connectivity index (χ2n) is 8.37. The largest absolute Gasteiger partial charge is 0.482 e. The van der Waals surface area contributed by atoms with Crippen LogP contribution in [-0.2, 0) is 26.2 Å². The third-order valence-electron chi connectivity index (χ3n) is 5.67. The molecule has 0 radical (unpaired) electrons. The first-order valence-corrected chi connectivity index (χ1v) is 12.7. The second kappa shape index (κ2) is 11.3. The standard InChI is InChI=1S/C23H27ClFN3O6S/c1-15-11-28(16(2)10-27(15)12-17-3-6-19(25)7-4-17)23(31)14-34-20-8-5-18(24)9-21(20)35(32,33)26-22(30)13-29/h3-9,15-16,29H,10-14H2,1-2H3,(H,26,30)/t15-,16+/m0/s1. The fourth-order valence-corrected chi connectivity index (χ4v) is 5.25. The van der Waals surface area contributed by atoms with Gasteiger partial charge in [0.05, 0.1) is 0 Å². The van der Waals surface area contributed by atoms with Gasteiger partial charge in [-0.2, -0.15) is 0 Å². The number of piperazine rings is 1. The number of ether oxygens (including phenoxy) is 1. The molecule has 35 heavy (non-hydrogen) atoms. The Bertz CT molecular complexity index is 1180. The maximum absolute atomic E-state index is 13.2. The Balaban J connectivity index is 1.66. The van der Waals surface area contributed by atoms with Gasteiger partial charge in [0, 0.05) is 36.7 Å². The molecule has 1 saturated heterocycles. The molecular weight excluding hydrogens is 501 g/mol. The van der Waals surface area contributed by atoms with Gasteiger partial charge in [0.1, 0.15) is 23.1 Å². The molecule has 0 spiro atoms. The molecule has 2 amide bonds. The molecule has 0 aromatic heterocycles. The fraction of sp³-hybridized carbons (Fsp3) is 0.391. The van der Waals surface area contributed by atoms with E-state index in [2.05, 4.69) is 4.90 Å². The van der Waals surface area contributed by atoms with Gasteiger partial charge in [-0.05, 0) is 49.7 Å². The minimum atomic E-state index is -4.38. The first-order valence-electron chi connectivity index (χ1n) is 10.9. The SMILES string of the molecule is C[C@@H]1CN(Cc2ccc(F)cc2)[C@@H](C)CN1C(=O)COc1ccc(Cl)cc1S(=O)(=O)NC(=O)CO. The van der Waals surface area contributed by atoms with Crippen LogP contribution in [0.4, 0.5) is 4.39 Å². The van der Waals surface area contributed by atoms with E-state index in [4.69, 9.17) is 21.4 Å². The lowest BCUT2D eigenvalue weighted by Gasteiger charge is -2.44. The van der Waals surface area contributed by atoms with Crippen LogP contribution in [0.1, 0.15) is 19.4 Å². The summed E-state index contributed by atoms with van der Waals surface area (Å²) in [6.07, 6.45) is 0. The van der Waals surface area contributed by atoms with Crippen molar-refractivity contribution >= 4 is 33.4 Å². The molecule has 9 nitrogen and oxygen atoms in total. The van der Waals surface area contributed by atoms with Crippen LogP contribution in [0.2, 0.25) is 5.02 Å². The summed E-state index contributed by atoms with van der Waals surface area (Å²) in [7, 11) is -4.38. The molecule has 1 aliphatic heterocycles. The van der Waals surface area contributed by atoms with Gasteiger partial charge in [-0.3, -0.25) is 14.5 Å². The number of carbonyl (C=O) groups excluding carboxylic acids is 2. The Morgan fingerprint density at radius 3 is 2.49 bits per heavy atom. The number of nitrogens with zero attached hydrogens (tertiary/aromatic N) is 2. The number of rotatable bonds is 8. The molecule has 3 rings (SSSR count). The second-order valence-corrected chi connectivity index (χ2v) is 10.5. The van der Waals surface area contributed by atoms with Crippen LogP contribution < -0.4 is 9.46 Å². The highest BCUT2D eigenvalue weighted by Gasteiger charge is 2.32. The minimum absolute atomic E-state index is 0.0281. The van der Waals surface area contributed by atoms with E-state index >= 15 is 0 Å². The van der Waals surface area contributed by atoms with Crippen LogP contribution in [-0.4, -0.2) is 73.5 Å². The number of nitrogens with one attached hydrogen (secondary N) is 1. The van der Waals surface area contributed by atoms with Gasteiger partial charge in [0.15, 0.2) is 6.61 Å². The number of aliphatic hydroxyl groups excluding tert-OH is 1. The van der Waals surface area contributed by atoms with Crippen molar-refractivity contribution in [2.75, 3.05) is 26.3 Å². The Morgan fingerprint density at radius 1 is 1.14 bits per heavy atom. The average Bonchev–Trinajstić information content (AvgIpc) is 2.81.